The Morgan fingerprint density at radius 1 is 1.25 bits per heavy atom. The van der Waals surface area contributed by atoms with Crippen LogP contribution in [0.25, 0.3) is 0 Å². The van der Waals surface area contributed by atoms with Crippen LogP contribution in [0, 0.1) is 5.92 Å². The van der Waals surface area contributed by atoms with Crippen LogP contribution in [0.1, 0.15) is 18.4 Å². The van der Waals surface area contributed by atoms with E-state index in [2.05, 4.69) is 15.0 Å². The predicted octanol–water partition coefficient (Wildman–Crippen LogP) is 2.47. The summed E-state index contributed by atoms with van der Waals surface area (Å²) in [4.78, 5) is 2.46. The zero-order valence-electron chi connectivity index (χ0n) is 11.4. The highest BCUT2D eigenvalue weighted by atomic mass is 19.3. The van der Waals surface area contributed by atoms with E-state index in [0.29, 0.717) is 6.04 Å². The lowest BCUT2D eigenvalue weighted by Crippen LogP contribution is -2.43. The highest BCUT2D eigenvalue weighted by molar-refractivity contribution is 5.27. The first-order valence-corrected chi connectivity index (χ1v) is 7.20. The minimum atomic E-state index is -2.75. The first-order valence-electron chi connectivity index (χ1n) is 7.20. The Balaban J connectivity index is 1.55. The van der Waals surface area contributed by atoms with Gasteiger partial charge in [0, 0.05) is 19.1 Å². The molecule has 1 aromatic carbocycles. The number of piperidine rings is 1. The number of fused-ring (bicyclic) bond motifs is 1. The maximum atomic E-state index is 12.1. The molecule has 5 heteroatoms. The molecule has 0 aromatic heterocycles. The van der Waals surface area contributed by atoms with Crippen LogP contribution in [0.2, 0.25) is 0 Å². The maximum absolute atomic E-state index is 12.1. The fourth-order valence-corrected chi connectivity index (χ4v) is 3.30. The molecule has 0 spiro atoms. The lowest BCUT2D eigenvalue weighted by atomic mass is 9.93. The van der Waals surface area contributed by atoms with Gasteiger partial charge in [-0.1, -0.05) is 12.1 Å². The molecular weight excluding hydrogens is 262 g/mol. The standard InChI is InChI=1S/C15H20F2N2O/c16-15(17)20-13-3-1-11(2-4-13)9-19-8-6-14-12(10-19)5-7-18-14/h1-4,12,14-15,18H,5-10H2. The van der Waals surface area contributed by atoms with Gasteiger partial charge in [-0.3, -0.25) is 4.90 Å². The van der Waals surface area contributed by atoms with Gasteiger partial charge in [0.15, 0.2) is 0 Å². The molecule has 110 valence electrons. The fraction of sp³-hybridized carbons (Fsp3) is 0.600. The van der Waals surface area contributed by atoms with Gasteiger partial charge in [-0.05, 0) is 49.5 Å². The second-order valence-corrected chi connectivity index (χ2v) is 5.66. The zero-order chi connectivity index (χ0) is 13.9. The average molecular weight is 282 g/mol. The molecule has 2 heterocycles. The molecule has 2 aliphatic rings. The molecule has 3 rings (SSSR count). The molecule has 20 heavy (non-hydrogen) atoms. The Bertz CT molecular complexity index is 438. The van der Waals surface area contributed by atoms with Crippen molar-refractivity contribution in [1.82, 2.24) is 10.2 Å². The van der Waals surface area contributed by atoms with E-state index in [-0.39, 0.29) is 5.75 Å². The molecule has 1 N–H and O–H groups in total. The van der Waals surface area contributed by atoms with Gasteiger partial charge < -0.3 is 10.1 Å². The van der Waals surface area contributed by atoms with Gasteiger partial charge >= 0.3 is 6.61 Å². The zero-order valence-corrected chi connectivity index (χ0v) is 11.4. The van der Waals surface area contributed by atoms with Gasteiger partial charge in [-0.2, -0.15) is 8.78 Å². The molecule has 2 fully saturated rings. The van der Waals surface area contributed by atoms with Gasteiger partial charge in [0.05, 0.1) is 0 Å². The largest absolute Gasteiger partial charge is 0.435 e. The van der Waals surface area contributed by atoms with Gasteiger partial charge in [-0.25, -0.2) is 0 Å². The molecule has 0 radical (unpaired) electrons. The Morgan fingerprint density at radius 2 is 2.05 bits per heavy atom. The van der Waals surface area contributed by atoms with E-state index < -0.39 is 6.61 Å². The van der Waals surface area contributed by atoms with Gasteiger partial charge in [0.1, 0.15) is 5.75 Å². The molecule has 2 aliphatic heterocycles. The summed E-state index contributed by atoms with van der Waals surface area (Å²) in [5.74, 6) is 0.993. The van der Waals surface area contributed by atoms with E-state index in [4.69, 9.17) is 0 Å². The first-order chi connectivity index (χ1) is 9.70. The summed E-state index contributed by atoms with van der Waals surface area (Å²) in [6.45, 7) is 1.51. The van der Waals surface area contributed by atoms with Crippen LogP contribution in [0.3, 0.4) is 0 Å². The number of alkyl halides is 2. The molecule has 1 aromatic rings. The highest BCUT2D eigenvalue weighted by Crippen LogP contribution is 2.26. The van der Waals surface area contributed by atoms with Crippen LogP contribution < -0.4 is 10.1 Å². The molecule has 2 unspecified atom stereocenters. The fourth-order valence-electron chi connectivity index (χ4n) is 3.30. The van der Waals surface area contributed by atoms with Crippen molar-refractivity contribution in [2.24, 2.45) is 5.92 Å². The lowest BCUT2D eigenvalue weighted by molar-refractivity contribution is -0.0498. The van der Waals surface area contributed by atoms with Gasteiger partial charge in [0.25, 0.3) is 0 Å². The van der Waals surface area contributed by atoms with E-state index in [1.54, 1.807) is 12.1 Å². The Morgan fingerprint density at radius 3 is 2.80 bits per heavy atom. The number of halogens is 2. The van der Waals surface area contributed by atoms with Crippen molar-refractivity contribution >= 4 is 0 Å². The van der Waals surface area contributed by atoms with Crippen LogP contribution in [-0.2, 0) is 6.54 Å². The summed E-state index contributed by atoms with van der Waals surface area (Å²) >= 11 is 0. The molecule has 0 aliphatic carbocycles. The lowest BCUT2D eigenvalue weighted by Gasteiger charge is -2.34. The number of ether oxygens (including phenoxy) is 1. The molecule has 3 nitrogen and oxygen atoms in total. The second kappa shape index (κ2) is 6.06. The van der Waals surface area contributed by atoms with Gasteiger partial charge in [0.2, 0.25) is 0 Å². The normalized spacial score (nSPS) is 26.8. The van der Waals surface area contributed by atoms with Crippen molar-refractivity contribution in [3.63, 3.8) is 0 Å². The Hall–Kier alpha value is -1.20. The molecule has 0 amide bonds. The average Bonchev–Trinajstić information content (AvgIpc) is 2.88. The minimum absolute atomic E-state index is 0.224. The van der Waals surface area contributed by atoms with E-state index in [1.807, 2.05) is 12.1 Å². The van der Waals surface area contributed by atoms with Crippen molar-refractivity contribution in [2.75, 3.05) is 19.6 Å². The number of likely N-dealkylation sites (tertiary alicyclic amines) is 1. The summed E-state index contributed by atoms with van der Waals surface area (Å²) in [6.07, 6.45) is 2.47. The van der Waals surface area contributed by atoms with E-state index in [9.17, 15) is 8.78 Å². The maximum Gasteiger partial charge on any atom is 0.387 e. The Labute approximate surface area is 117 Å². The van der Waals surface area contributed by atoms with Crippen LogP contribution in [0.4, 0.5) is 8.78 Å². The van der Waals surface area contributed by atoms with Crippen molar-refractivity contribution in [3.8, 4) is 5.75 Å². The highest BCUT2D eigenvalue weighted by Gasteiger charge is 2.32. The Kier molecular flexibility index (Phi) is 4.17. The van der Waals surface area contributed by atoms with Crippen LogP contribution in [-0.4, -0.2) is 37.2 Å². The third-order valence-electron chi connectivity index (χ3n) is 4.29. The quantitative estimate of drug-likeness (QED) is 0.918. The summed E-state index contributed by atoms with van der Waals surface area (Å²) in [5.41, 5.74) is 1.15. The predicted molar refractivity (Wildman–Crippen MR) is 72.9 cm³/mol. The van der Waals surface area contributed by atoms with Crippen molar-refractivity contribution < 1.29 is 13.5 Å². The van der Waals surface area contributed by atoms with Crippen molar-refractivity contribution in [2.45, 2.75) is 32.0 Å². The second-order valence-electron chi connectivity index (χ2n) is 5.66. The SMILES string of the molecule is FC(F)Oc1ccc(CN2CCC3NCCC3C2)cc1. The van der Waals surface area contributed by atoms with E-state index in [1.165, 1.54) is 12.8 Å². The number of benzene rings is 1. The summed E-state index contributed by atoms with van der Waals surface area (Å²) in [5, 5.41) is 3.55. The monoisotopic (exact) mass is 282 g/mol. The molecule has 0 bridgehead atoms. The van der Waals surface area contributed by atoms with E-state index in [0.717, 1.165) is 37.7 Å². The topological polar surface area (TPSA) is 24.5 Å². The van der Waals surface area contributed by atoms with E-state index >= 15 is 0 Å². The molecule has 0 saturated carbocycles. The third kappa shape index (κ3) is 3.27. The number of hydrogen-bond donors (Lipinski definition) is 1. The minimum Gasteiger partial charge on any atom is -0.435 e. The number of rotatable bonds is 4. The summed E-state index contributed by atoms with van der Waals surface area (Å²) < 4.78 is 28.5. The number of nitrogens with zero attached hydrogens (tertiary/aromatic N) is 1. The van der Waals surface area contributed by atoms with Crippen LogP contribution in [0.5, 0.6) is 5.75 Å². The molecular formula is C15H20F2N2O. The van der Waals surface area contributed by atoms with Gasteiger partial charge in [-0.15, -0.1) is 0 Å². The molecule has 2 saturated heterocycles. The third-order valence-corrected chi connectivity index (χ3v) is 4.29. The molecule has 2 atom stereocenters. The summed E-state index contributed by atoms with van der Waals surface area (Å²) in [6, 6.07) is 7.68. The van der Waals surface area contributed by atoms with Crippen LogP contribution in [0.15, 0.2) is 24.3 Å². The van der Waals surface area contributed by atoms with Crippen molar-refractivity contribution in [1.29, 1.82) is 0 Å². The first kappa shape index (κ1) is 13.8. The number of hydrogen-bond acceptors (Lipinski definition) is 3. The smallest absolute Gasteiger partial charge is 0.387 e. The van der Waals surface area contributed by atoms with Crippen LogP contribution >= 0.6 is 0 Å². The summed E-state index contributed by atoms with van der Waals surface area (Å²) in [7, 11) is 0. The number of nitrogens with one attached hydrogen (secondary N) is 1. The van der Waals surface area contributed by atoms with Crippen molar-refractivity contribution in [3.05, 3.63) is 29.8 Å².